The minimum Gasteiger partial charge on any atom is -0.461 e. The SMILES string of the molecule is C=CCOC(=O)C1CCCN(CCC)C1. The van der Waals surface area contributed by atoms with E-state index in [0.29, 0.717) is 6.61 Å². The van der Waals surface area contributed by atoms with E-state index in [9.17, 15) is 4.79 Å². The first-order valence-corrected chi connectivity index (χ1v) is 5.77. The van der Waals surface area contributed by atoms with Crippen molar-refractivity contribution in [3.05, 3.63) is 12.7 Å². The van der Waals surface area contributed by atoms with E-state index < -0.39 is 0 Å². The maximum absolute atomic E-state index is 11.6. The molecule has 3 heteroatoms. The Bertz CT molecular complexity index is 214. The van der Waals surface area contributed by atoms with Crippen molar-refractivity contribution in [3.63, 3.8) is 0 Å². The number of piperidine rings is 1. The molecule has 1 saturated heterocycles. The zero-order chi connectivity index (χ0) is 11.1. The van der Waals surface area contributed by atoms with Gasteiger partial charge in [-0.05, 0) is 32.4 Å². The number of ether oxygens (including phenoxy) is 1. The zero-order valence-electron chi connectivity index (χ0n) is 9.58. The van der Waals surface area contributed by atoms with Crippen molar-refractivity contribution < 1.29 is 9.53 Å². The summed E-state index contributed by atoms with van der Waals surface area (Å²) in [4.78, 5) is 14.0. The summed E-state index contributed by atoms with van der Waals surface area (Å²) >= 11 is 0. The van der Waals surface area contributed by atoms with Crippen molar-refractivity contribution in [2.24, 2.45) is 5.92 Å². The van der Waals surface area contributed by atoms with E-state index in [0.717, 1.165) is 38.9 Å². The second-order valence-corrected chi connectivity index (χ2v) is 4.06. The molecule has 0 bridgehead atoms. The minimum atomic E-state index is -0.0595. The van der Waals surface area contributed by atoms with Gasteiger partial charge in [-0.15, -0.1) is 0 Å². The zero-order valence-corrected chi connectivity index (χ0v) is 9.58. The van der Waals surface area contributed by atoms with Crippen molar-refractivity contribution in [3.8, 4) is 0 Å². The summed E-state index contributed by atoms with van der Waals surface area (Å²) in [5, 5.41) is 0. The number of carbonyl (C=O) groups is 1. The van der Waals surface area contributed by atoms with Gasteiger partial charge in [0.25, 0.3) is 0 Å². The third-order valence-corrected chi connectivity index (χ3v) is 2.72. The molecule has 1 rings (SSSR count). The van der Waals surface area contributed by atoms with Gasteiger partial charge < -0.3 is 9.64 Å². The summed E-state index contributed by atoms with van der Waals surface area (Å²) in [6, 6.07) is 0. The van der Waals surface area contributed by atoms with Gasteiger partial charge >= 0.3 is 5.97 Å². The van der Waals surface area contributed by atoms with Crippen LogP contribution in [0.1, 0.15) is 26.2 Å². The van der Waals surface area contributed by atoms with E-state index in [1.54, 1.807) is 6.08 Å². The molecule has 1 aliphatic rings. The Hall–Kier alpha value is -0.830. The number of hydrogen-bond acceptors (Lipinski definition) is 3. The van der Waals surface area contributed by atoms with Crippen molar-refractivity contribution in [1.82, 2.24) is 4.90 Å². The Balaban J connectivity index is 2.34. The van der Waals surface area contributed by atoms with Crippen molar-refractivity contribution >= 4 is 5.97 Å². The molecule has 0 aromatic carbocycles. The first-order valence-electron chi connectivity index (χ1n) is 5.77. The highest BCUT2D eigenvalue weighted by atomic mass is 16.5. The highest BCUT2D eigenvalue weighted by Gasteiger charge is 2.26. The Labute approximate surface area is 92.1 Å². The molecule has 0 saturated carbocycles. The first kappa shape index (κ1) is 12.2. The van der Waals surface area contributed by atoms with E-state index in [1.807, 2.05) is 0 Å². The van der Waals surface area contributed by atoms with E-state index in [-0.39, 0.29) is 11.9 Å². The molecule has 0 aromatic heterocycles. The number of rotatable bonds is 5. The van der Waals surface area contributed by atoms with Gasteiger partial charge in [-0.3, -0.25) is 4.79 Å². The number of nitrogens with zero attached hydrogens (tertiary/aromatic N) is 1. The van der Waals surface area contributed by atoms with Crippen LogP contribution in [0.4, 0.5) is 0 Å². The molecule has 1 heterocycles. The largest absolute Gasteiger partial charge is 0.461 e. The normalized spacial score (nSPS) is 22.3. The summed E-state index contributed by atoms with van der Waals surface area (Å²) < 4.78 is 5.07. The average molecular weight is 211 g/mol. The molecule has 0 N–H and O–H groups in total. The Kier molecular flexibility index (Phi) is 5.40. The van der Waals surface area contributed by atoms with E-state index >= 15 is 0 Å². The second kappa shape index (κ2) is 6.62. The number of hydrogen-bond donors (Lipinski definition) is 0. The summed E-state index contributed by atoms with van der Waals surface area (Å²) in [6.45, 7) is 9.11. The van der Waals surface area contributed by atoms with Gasteiger partial charge in [-0.2, -0.15) is 0 Å². The Morgan fingerprint density at radius 2 is 2.47 bits per heavy atom. The van der Waals surface area contributed by atoms with Crippen LogP contribution < -0.4 is 0 Å². The van der Waals surface area contributed by atoms with E-state index in [2.05, 4.69) is 18.4 Å². The van der Waals surface area contributed by atoms with Crippen molar-refractivity contribution in [2.75, 3.05) is 26.2 Å². The predicted octanol–water partition coefficient (Wildman–Crippen LogP) is 1.84. The van der Waals surface area contributed by atoms with Gasteiger partial charge in [0.05, 0.1) is 5.92 Å². The monoisotopic (exact) mass is 211 g/mol. The molecule has 0 aromatic rings. The average Bonchev–Trinajstić information content (AvgIpc) is 2.27. The third kappa shape index (κ3) is 4.04. The lowest BCUT2D eigenvalue weighted by molar-refractivity contribution is -0.149. The van der Waals surface area contributed by atoms with E-state index in [1.165, 1.54) is 0 Å². The fourth-order valence-electron chi connectivity index (χ4n) is 2.03. The minimum absolute atomic E-state index is 0.0595. The number of carbonyl (C=O) groups excluding carboxylic acids is 1. The van der Waals surface area contributed by atoms with Crippen molar-refractivity contribution in [1.29, 1.82) is 0 Å². The molecule has 3 nitrogen and oxygen atoms in total. The molecular weight excluding hydrogens is 190 g/mol. The van der Waals surface area contributed by atoms with Gasteiger partial charge in [0.2, 0.25) is 0 Å². The van der Waals surface area contributed by atoms with Crippen LogP contribution in [0.2, 0.25) is 0 Å². The molecule has 86 valence electrons. The maximum atomic E-state index is 11.6. The van der Waals surface area contributed by atoms with Crippen LogP contribution in [-0.2, 0) is 9.53 Å². The molecule has 15 heavy (non-hydrogen) atoms. The lowest BCUT2D eigenvalue weighted by Crippen LogP contribution is -2.39. The lowest BCUT2D eigenvalue weighted by atomic mass is 9.98. The van der Waals surface area contributed by atoms with Crippen molar-refractivity contribution in [2.45, 2.75) is 26.2 Å². The van der Waals surface area contributed by atoms with Crippen LogP contribution in [0.25, 0.3) is 0 Å². The van der Waals surface area contributed by atoms with Gasteiger partial charge in [-0.1, -0.05) is 19.6 Å². The molecule has 1 aliphatic heterocycles. The number of likely N-dealkylation sites (tertiary alicyclic amines) is 1. The summed E-state index contributed by atoms with van der Waals surface area (Å²) in [5.41, 5.74) is 0. The lowest BCUT2D eigenvalue weighted by Gasteiger charge is -2.31. The molecule has 1 unspecified atom stereocenters. The van der Waals surface area contributed by atoms with Crippen LogP contribution in [0.15, 0.2) is 12.7 Å². The van der Waals surface area contributed by atoms with Crippen LogP contribution >= 0.6 is 0 Å². The first-order chi connectivity index (χ1) is 7.27. The number of esters is 1. The van der Waals surface area contributed by atoms with Crippen LogP contribution in [-0.4, -0.2) is 37.1 Å². The maximum Gasteiger partial charge on any atom is 0.310 e. The molecule has 0 amide bonds. The van der Waals surface area contributed by atoms with Gasteiger partial charge in [0, 0.05) is 6.54 Å². The van der Waals surface area contributed by atoms with Crippen LogP contribution in [0.3, 0.4) is 0 Å². The predicted molar refractivity (Wildman–Crippen MR) is 60.6 cm³/mol. The molecule has 0 spiro atoms. The van der Waals surface area contributed by atoms with Gasteiger partial charge in [-0.25, -0.2) is 0 Å². The molecule has 0 aliphatic carbocycles. The smallest absolute Gasteiger partial charge is 0.310 e. The second-order valence-electron chi connectivity index (χ2n) is 4.06. The quantitative estimate of drug-likeness (QED) is 0.513. The van der Waals surface area contributed by atoms with Crippen LogP contribution in [0, 0.1) is 5.92 Å². The standard InChI is InChI=1S/C12H21NO2/c1-3-7-13-8-5-6-11(10-13)12(14)15-9-4-2/h4,11H,2-3,5-10H2,1H3. The summed E-state index contributed by atoms with van der Waals surface area (Å²) in [6.07, 6.45) is 4.84. The molecule has 0 radical (unpaired) electrons. The van der Waals surface area contributed by atoms with Gasteiger partial charge in [0.15, 0.2) is 0 Å². The summed E-state index contributed by atoms with van der Waals surface area (Å²) in [5.74, 6) is 0.0148. The summed E-state index contributed by atoms with van der Waals surface area (Å²) in [7, 11) is 0. The van der Waals surface area contributed by atoms with Crippen LogP contribution in [0.5, 0.6) is 0 Å². The molecule has 1 atom stereocenters. The fraction of sp³-hybridized carbons (Fsp3) is 0.750. The fourth-order valence-corrected chi connectivity index (χ4v) is 2.03. The van der Waals surface area contributed by atoms with E-state index in [4.69, 9.17) is 4.74 Å². The highest BCUT2D eigenvalue weighted by Crippen LogP contribution is 2.17. The Morgan fingerprint density at radius 3 is 3.13 bits per heavy atom. The topological polar surface area (TPSA) is 29.5 Å². The van der Waals surface area contributed by atoms with Gasteiger partial charge in [0.1, 0.15) is 6.61 Å². The highest BCUT2D eigenvalue weighted by molar-refractivity contribution is 5.72. The molecule has 1 fully saturated rings. The third-order valence-electron chi connectivity index (χ3n) is 2.72. The Morgan fingerprint density at radius 1 is 1.67 bits per heavy atom. The molecular formula is C12H21NO2.